The van der Waals surface area contributed by atoms with Gasteiger partial charge in [-0.15, -0.1) is 0 Å². The number of fused-ring (bicyclic) bond motifs is 1. The number of rotatable bonds is 1. The zero-order valence-electron chi connectivity index (χ0n) is 8.98. The van der Waals surface area contributed by atoms with E-state index in [9.17, 15) is 0 Å². The second kappa shape index (κ2) is 3.53. The van der Waals surface area contributed by atoms with E-state index in [0.717, 1.165) is 12.1 Å². The summed E-state index contributed by atoms with van der Waals surface area (Å²) in [6.45, 7) is 0. The molecular weight excluding hydrogens is 194 g/mol. The Hall–Kier alpha value is -2.02. The molecule has 1 nitrogen and oxygen atoms in total. The fraction of sp³-hybridized carbons (Fsp3) is 0.0667. The number of para-hydroxylation sites is 1. The molecule has 2 aromatic rings. The van der Waals surface area contributed by atoms with Crippen LogP contribution in [0, 0.1) is 0 Å². The highest BCUT2D eigenvalue weighted by atomic mass is 14.6. The summed E-state index contributed by atoms with van der Waals surface area (Å²) in [6.07, 6.45) is 3.23. The Morgan fingerprint density at radius 3 is 2.44 bits per heavy atom. The maximum absolute atomic E-state index is 5.99. The third-order valence-electron chi connectivity index (χ3n) is 3.07. The predicted molar refractivity (Wildman–Crippen MR) is 68.9 cm³/mol. The van der Waals surface area contributed by atoms with E-state index in [4.69, 9.17) is 5.73 Å². The summed E-state index contributed by atoms with van der Waals surface area (Å²) in [7, 11) is 0. The maximum atomic E-state index is 5.99. The first-order valence-electron chi connectivity index (χ1n) is 5.48. The van der Waals surface area contributed by atoms with Gasteiger partial charge in [0.15, 0.2) is 0 Å². The normalized spacial score (nSPS) is 13.4. The lowest BCUT2D eigenvalue weighted by Gasteiger charge is -2.05. The van der Waals surface area contributed by atoms with Crippen molar-refractivity contribution in [3.63, 3.8) is 0 Å². The van der Waals surface area contributed by atoms with Crippen LogP contribution in [0.2, 0.25) is 0 Å². The SMILES string of the molecule is Nc1ccccc1C1=Cc2ccccc2C1. The molecule has 2 aromatic carbocycles. The summed E-state index contributed by atoms with van der Waals surface area (Å²) in [5, 5.41) is 0. The molecule has 0 saturated carbocycles. The van der Waals surface area contributed by atoms with Crippen molar-refractivity contribution in [3.8, 4) is 0 Å². The van der Waals surface area contributed by atoms with Gasteiger partial charge in [0.05, 0.1) is 0 Å². The number of hydrogen-bond donors (Lipinski definition) is 1. The molecule has 0 saturated heterocycles. The molecule has 0 atom stereocenters. The van der Waals surface area contributed by atoms with Crippen molar-refractivity contribution in [1.82, 2.24) is 0 Å². The third kappa shape index (κ3) is 1.41. The number of anilines is 1. The van der Waals surface area contributed by atoms with Gasteiger partial charge in [0, 0.05) is 11.3 Å². The van der Waals surface area contributed by atoms with Gasteiger partial charge in [-0.1, -0.05) is 48.5 Å². The Bertz CT molecular complexity index is 567. The number of allylic oxidation sites excluding steroid dienone is 1. The van der Waals surface area contributed by atoms with Crippen LogP contribution in [0.25, 0.3) is 11.6 Å². The third-order valence-corrected chi connectivity index (χ3v) is 3.07. The molecule has 0 bridgehead atoms. The van der Waals surface area contributed by atoms with E-state index >= 15 is 0 Å². The van der Waals surface area contributed by atoms with Crippen LogP contribution >= 0.6 is 0 Å². The van der Waals surface area contributed by atoms with Crippen LogP contribution in [0.4, 0.5) is 5.69 Å². The van der Waals surface area contributed by atoms with Crippen molar-refractivity contribution in [1.29, 1.82) is 0 Å². The van der Waals surface area contributed by atoms with Crippen molar-refractivity contribution in [2.24, 2.45) is 0 Å². The van der Waals surface area contributed by atoms with Gasteiger partial charge in [0.1, 0.15) is 0 Å². The molecule has 0 radical (unpaired) electrons. The monoisotopic (exact) mass is 207 g/mol. The average molecular weight is 207 g/mol. The van der Waals surface area contributed by atoms with Crippen LogP contribution in [0.3, 0.4) is 0 Å². The van der Waals surface area contributed by atoms with Crippen molar-refractivity contribution in [3.05, 3.63) is 65.2 Å². The Morgan fingerprint density at radius 1 is 0.875 bits per heavy atom. The molecule has 78 valence electrons. The van der Waals surface area contributed by atoms with E-state index in [-0.39, 0.29) is 0 Å². The van der Waals surface area contributed by atoms with E-state index in [1.807, 2.05) is 18.2 Å². The molecule has 2 N–H and O–H groups in total. The summed E-state index contributed by atoms with van der Waals surface area (Å²) in [6, 6.07) is 16.6. The minimum absolute atomic E-state index is 0.863. The Balaban J connectivity index is 2.05. The second-order valence-corrected chi connectivity index (χ2v) is 4.13. The molecule has 0 spiro atoms. The van der Waals surface area contributed by atoms with E-state index in [1.54, 1.807) is 0 Å². The molecule has 0 aromatic heterocycles. The average Bonchev–Trinajstić information content (AvgIpc) is 2.73. The van der Waals surface area contributed by atoms with Crippen LogP contribution in [0.5, 0.6) is 0 Å². The zero-order valence-corrected chi connectivity index (χ0v) is 8.98. The number of benzene rings is 2. The van der Waals surface area contributed by atoms with Crippen LogP contribution in [0.1, 0.15) is 16.7 Å². The molecule has 1 aliphatic rings. The van der Waals surface area contributed by atoms with Crippen molar-refractivity contribution in [2.45, 2.75) is 6.42 Å². The Morgan fingerprint density at radius 2 is 1.62 bits per heavy atom. The summed E-state index contributed by atoms with van der Waals surface area (Å²) in [5.41, 5.74) is 12.1. The molecule has 1 heteroatoms. The van der Waals surface area contributed by atoms with Gasteiger partial charge in [-0.3, -0.25) is 0 Å². The maximum Gasteiger partial charge on any atom is 0.0390 e. The number of nitrogens with two attached hydrogens (primary N) is 1. The Labute approximate surface area is 95.2 Å². The lowest BCUT2D eigenvalue weighted by Crippen LogP contribution is -1.93. The van der Waals surface area contributed by atoms with E-state index in [2.05, 4.69) is 36.4 Å². The molecule has 0 amide bonds. The van der Waals surface area contributed by atoms with E-state index < -0.39 is 0 Å². The van der Waals surface area contributed by atoms with Gasteiger partial charge in [-0.2, -0.15) is 0 Å². The van der Waals surface area contributed by atoms with Gasteiger partial charge in [0.2, 0.25) is 0 Å². The van der Waals surface area contributed by atoms with Crippen LogP contribution in [-0.2, 0) is 6.42 Å². The van der Waals surface area contributed by atoms with Crippen molar-refractivity contribution in [2.75, 3.05) is 5.73 Å². The van der Waals surface area contributed by atoms with Crippen LogP contribution in [0.15, 0.2) is 48.5 Å². The molecule has 16 heavy (non-hydrogen) atoms. The predicted octanol–water partition coefficient (Wildman–Crippen LogP) is 3.37. The highest BCUT2D eigenvalue weighted by Gasteiger charge is 2.14. The minimum atomic E-state index is 0.863. The Kier molecular flexibility index (Phi) is 2.03. The van der Waals surface area contributed by atoms with E-state index in [1.165, 1.54) is 22.3 Å². The summed E-state index contributed by atoms with van der Waals surface area (Å²) in [5.74, 6) is 0. The fourth-order valence-electron chi connectivity index (χ4n) is 2.24. The highest BCUT2D eigenvalue weighted by Crippen LogP contribution is 2.33. The largest absolute Gasteiger partial charge is 0.398 e. The molecule has 3 rings (SSSR count). The van der Waals surface area contributed by atoms with Gasteiger partial charge in [0.25, 0.3) is 0 Å². The zero-order chi connectivity index (χ0) is 11.0. The van der Waals surface area contributed by atoms with Gasteiger partial charge < -0.3 is 5.73 Å². The molecule has 0 heterocycles. The van der Waals surface area contributed by atoms with Gasteiger partial charge in [-0.05, 0) is 29.2 Å². The molecule has 0 unspecified atom stereocenters. The van der Waals surface area contributed by atoms with E-state index in [0.29, 0.717) is 0 Å². The van der Waals surface area contributed by atoms with Crippen LogP contribution in [-0.4, -0.2) is 0 Å². The topological polar surface area (TPSA) is 26.0 Å². The molecule has 1 aliphatic carbocycles. The quantitative estimate of drug-likeness (QED) is 0.713. The smallest absolute Gasteiger partial charge is 0.0390 e. The van der Waals surface area contributed by atoms with Gasteiger partial charge in [-0.25, -0.2) is 0 Å². The summed E-state index contributed by atoms with van der Waals surface area (Å²) < 4.78 is 0. The van der Waals surface area contributed by atoms with Crippen LogP contribution < -0.4 is 5.73 Å². The minimum Gasteiger partial charge on any atom is -0.398 e. The summed E-state index contributed by atoms with van der Waals surface area (Å²) in [4.78, 5) is 0. The second-order valence-electron chi connectivity index (χ2n) is 4.13. The van der Waals surface area contributed by atoms with Crippen molar-refractivity contribution >= 4 is 17.3 Å². The standard InChI is InChI=1S/C15H13N/c16-15-8-4-3-7-14(15)13-9-11-5-1-2-6-12(11)10-13/h1-9H,10,16H2. The molecule has 0 aliphatic heterocycles. The van der Waals surface area contributed by atoms with Crippen molar-refractivity contribution < 1.29 is 0 Å². The molecule has 0 fully saturated rings. The number of hydrogen-bond acceptors (Lipinski definition) is 1. The first-order valence-corrected chi connectivity index (χ1v) is 5.48. The highest BCUT2D eigenvalue weighted by molar-refractivity contribution is 5.91. The molecular formula is C15H13N. The van der Waals surface area contributed by atoms with Gasteiger partial charge >= 0.3 is 0 Å². The first-order chi connectivity index (χ1) is 7.84. The first kappa shape index (κ1) is 9.22. The fourth-order valence-corrected chi connectivity index (χ4v) is 2.24. The lowest BCUT2D eigenvalue weighted by atomic mass is 10.0. The number of nitrogen functional groups attached to an aromatic ring is 1. The summed E-state index contributed by atoms with van der Waals surface area (Å²) >= 11 is 0. The lowest BCUT2D eigenvalue weighted by molar-refractivity contribution is 1.32.